The van der Waals surface area contributed by atoms with E-state index in [0.717, 1.165) is 17.3 Å². The van der Waals surface area contributed by atoms with Gasteiger partial charge in [-0.2, -0.15) is 8.75 Å². The molecular weight excluding hydrogens is 378 g/mol. The van der Waals surface area contributed by atoms with Gasteiger partial charge in [-0.05, 0) is 30.5 Å². The Morgan fingerprint density at radius 1 is 1.04 bits per heavy atom. The van der Waals surface area contributed by atoms with Crippen LogP contribution in [0.5, 0.6) is 0 Å². The van der Waals surface area contributed by atoms with E-state index >= 15 is 0 Å². The summed E-state index contributed by atoms with van der Waals surface area (Å²) in [5.41, 5.74) is 6.97. The first-order valence-electron chi connectivity index (χ1n) is 8.48. The highest BCUT2D eigenvalue weighted by Crippen LogP contribution is 2.19. The van der Waals surface area contributed by atoms with Crippen molar-refractivity contribution in [3.8, 4) is 11.4 Å². The quantitative estimate of drug-likeness (QED) is 0.555. The van der Waals surface area contributed by atoms with Crippen LogP contribution in [0.25, 0.3) is 11.4 Å². The normalized spacial score (nSPS) is 11.6. The molecule has 0 aliphatic heterocycles. The molecule has 0 bridgehead atoms. The van der Waals surface area contributed by atoms with Crippen LogP contribution in [0.15, 0.2) is 54.7 Å². The number of carbonyl (C=O) groups excluding carboxylic acids is 3. The van der Waals surface area contributed by atoms with Crippen molar-refractivity contribution in [3.63, 3.8) is 0 Å². The molecule has 1 aromatic carbocycles. The van der Waals surface area contributed by atoms with Crippen molar-refractivity contribution in [2.45, 2.75) is 18.9 Å². The third-order valence-electron chi connectivity index (χ3n) is 4.04. The number of nitrogens with zero attached hydrogens (tertiary/aromatic N) is 3. The first-order valence-corrected chi connectivity index (χ1v) is 9.21. The molecule has 142 valence electrons. The summed E-state index contributed by atoms with van der Waals surface area (Å²) in [5.74, 6) is -2.56. The zero-order valence-corrected chi connectivity index (χ0v) is 15.6. The second kappa shape index (κ2) is 8.96. The van der Waals surface area contributed by atoms with E-state index in [-0.39, 0.29) is 12.1 Å². The molecule has 1 unspecified atom stereocenters. The summed E-state index contributed by atoms with van der Waals surface area (Å²) < 4.78 is 8.14. The minimum Gasteiger partial charge on any atom is -0.363 e. The zero-order valence-electron chi connectivity index (χ0n) is 14.7. The molecule has 2 aromatic heterocycles. The Kier molecular flexibility index (Phi) is 6.18. The Balaban J connectivity index is 1.77. The number of rotatable bonds is 8. The van der Waals surface area contributed by atoms with Gasteiger partial charge in [0.15, 0.2) is 5.69 Å². The van der Waals surface area contributed by atoms with Gasteiger partial charge in [0, 0.05) is 6.20 Å². The predicted octanol–water partition coefficient (Wildman–Crippen LogP) is 1.39. The van der Waals surface area contributed by atoms with Crippen LogP contribution in [0.3, 0.4) is 0 Å². The average Bonchev–Trinajstić information content (AvgIpc) is 3.22. The Labute approximate surface area is 165 Å². The summed E-state index contributed by atoms with van der Waals surface area (Å²) in [6, 6.07) is 13.6. The van der Waals surface area contributed by atoms with Crippen molar-refractivity contribution in [2.24, 2.45) is 5.73 Å². The molecule has 28 heavy (non-hydrogen) atoms. The van der Waals surface area contributed by atoms with E-state index in [1.54, 1.807) is 24.4 Å². The largest absolute Gasteiger partial charge is 0.363 e. The number of pyridine rings is 1. The lowest BCUT2D eigenvalue weighted by molar-refractivity contribution is -0.137. The van der Waals surface area contributed by atoms with Crippen LogP contribution < -0.4 is 11.1 Å². The van der Waals surface area contributed by atoms with Crippen molar-refractivity contribution in [1.29, 1.82) is 0 Å². The molecule has 1 atom stereocenters. The third kappa shape index (κ3) is 4.63. The molecule has 9 heteroatoms. The van der Waals surface area contributed by atoms with Gasteiger partial charge in [-0.15, -0.1) is 0 Å². The minimum atomic E-state index is -1.10. The van der Waals surface area contributed by atoms with Gasteiger partial charge in [0.2, 0.25) is 5.78 Å². The summed E-state index contributed by atoms with van der Waals surface area (Å²) >= 11 is 0.864. The maximum absolute atomic E-state index is 12.7. The van der Waals surface area contributed by atoms with Crippen molar-refractivity contribution in [3.05, 3.63) is 66.0 Å². The summed E-state index contributed by atoms with van der Waals surface area (Å²) in [7, 11) is 0. The molecule has 0 aliphatic carbocycles. The van der Waals surface area contributed by atoms with Gasteiger partial charge in [0.05, 0.1) is 23.5 Å². The standard InChI is InChI=1S/C19H17N5O3S/c20-18(26)17(25)14(10-9-12-6-2-1-3-7-12)22-19(27)16-15(23-28-24-16)13-8-4-5-11-21-13/h1-8,11,14H,9-10H2,(H2,20,26)(H,22,27). The molecule has 0 saturated carbocycles. The number of hydrogen-bond acceptors (Lipinski definition) is 7. The second-order valence-electron chi connectivity index (χ2n) is 5.96. The van der Waals surface area contributed by atoms with E-state index in [1.165, 1.54) is 0 Å². The summed E-state index contributed by atoms with van der Waals surface area (Å²) in [4.78, 5) is 40.5. The number of nitrogens with two attached hydrogens (primary N) is 1. The van der Waals surface area contributed by atoms with Crippen LogP contribution in [0, 0.1) is 0 Å². The topological polar surface area (TPSA) is 128 Å². The van der Waals surface area contributed by atoms with Gasteiger partial charge in [-0.1, -0.05) is 36.4 Å². The highest BCUT2D eigenvalue weighted by atomic mass is 32.1. The number of carbonyl (C=O) groups is 3. The first kappa shape index (κ1) is 19.3. The lowest BCUT2D eigenvalue weighted by Gasteiger charge is -2.16. The molecule has 8 nitrogen and oxygen atoms in total. The zero-order chi connectivity index (χ0) is 19.9. The fourth-order valence-electron chi connectivity index (χ4n) is 2.63. The molecule has 0 aliphatic rings. The Morgan fingerprint density at radius 3 is 2.46 bits per heavy atom. The number of nitrogens with one attached hydrogen (secondary N) is 1. The van der Waals surface area contributed by atoms with Crippen LogP contribution in [0.4, 0.5) is 0 Å². The second-order valence-corrected chi connectivity index (χ2v) is 6.48. The van der Waals surface area contributed by atoms with E-state index in [1.807, 2.05) is 30.3 Å². The fraction of sp³-hybridized carbons (Fsp3) is 0.158. The number of benzene rings is 1. The number of Topliss-reactive ketones (excluding diaryl/α,β-unsaturated/α-hetero) is 1. The molecule has 2 amide bonds. The van der Waals surface area contributed by atoms with Crippen LogP contribution in [-0.4, -0.2) is 37.4 Å². The van der Waals surface area contributed by atoms with Gasteiger partial charge in [-0.3, -0.25) is 19.4 Å². The number of ketones is 1. The van der Waals surface area contributed by atoms with E-state index in [2.05, 4.69) is 19.0 Å². The Morgan fingerprint density at radius 2 is 1.79 bits per heavy atom. The van der Waals surface area contributed by atoms with Crippen molar-refractivity contribution in [1.82, 2.24) is 19.0 Å². The van der Waals surface area contributed by atoms with E-state index in [9.17, 15) is 14.4 Å². The summed E-state index contributed by atoms with van der Waals surface area (Å²) in [5, 5.41) is 2.57. The number of hydrogen-bond donors (Lipinski definition) is 2. The van der Waals surface area contributed by atoms with Crippen LogP contribution in [-0.2, 0) is 16.0 Å². The van der Waals surface area contributed by atoms with Gasteiger partial charge in [0.1, 0.15) is 5.69 Å². The molecule has 0 fully saturated rings. The van der Waals surface area contributed by atoms with Crippen molar-refractivity contribution in [2.75, 3.05) is 0 Å². The Hall–Kier alpha value is -3.46. The average molecular weight is 395 g/mol. The fourth-order valence-corrected chi connectivity index (χ4v) is 3.18. The molecule has 3 aromatic rings. The Bertz CT molecular complexity index is 976. The molecule has 3 N–H and O–H groups in total. The van der Waals surface area contributed by atoms with Gasteiger partial charge in [0.25, 0.3) is 11.8 Å². The lowest BCUT2D eigenvalue weighted by Crippen LogP contribution is -2.46. The molecular formula is C19H17N5O3S. The van der Waals surface area contributed by atoms with Crippen molar-refractivity contribution < 1.29 is 14.4 Å². The van der Waals surface area contributed by atoms with Gasteiger partial charge < -0.3 is 11.1 Å². The number of aromatic nitrogens is 3. The third-order valence-corrected chi connectivity index (χ3v) is 4.57. The first-order chi connectivity index (χ1) is 13.6. The van der Waals surface area contributed by atoms with E-state index in [4.69, 9.17) is 5.73 Å². The van der Waals surface area contributed by atoms with Crippen LogP contribution in [0.2, 0.25) is 0 Å². The predicted molar refractivity (Wildman–Crippen MR) is 103 cm³/mol. The van der Waals surface area contributed by atoms with Gasteiger partial charge >= 0.3 is 0 Å². The maximum atomic E-state index is 12.7. The smallest absolute Gasteiger partial charge is 0.287 e. The SMILES string of the molecule is NC(=O)C(=O)C(CCc1ccccc1)NC(=O)c1nsnc1-c1ccccn1. The summed E-state index contributed by atoms with van der Waals surface area (Å²) in [6.07, 6.45) is 2.30. The van der Waals surface area contributed by atoms with Crippen LogP contribution in [0.1, 0.15) is 22.5 Å². The molecule has 2 heterocycles. The van der Waals surface area contributed by atoms with E-state index in [0.29, 0.717) is 17.8 Å². The van der Waals surface area contributed by atoms with Crippen molar-refractivity contribution >= 4 is 29.3 Å². The molecule has 0 radical (unpaired) electrons. The lowest BCUT2D eigenvalue weighted by atomic mass is 10.0. The van der Waals surface area contributed by atoms with Gasteiger partial charge in [-0.25, -0.2) is 0 Å². The van der Waals surface area contributed by atoms with E-state index < -0.39 is 23.6 Å². The molecule has 0 spiro atoms. The van der Waals surface area contributed by atoms with Crippen LogP contribution >= 0.6 is 11.7 Å². The minimum absolute atomic E-state index is 0.0469. The highest BCUT2D eigenvalue weighted by molar-refractivity contribution is 6.99. The number of aryl methyl sites for hydroxylation is 1. The molecule has 3 rings (SSSR count). The highest BCUT2D eigenvalue weighted by Gasteiger charge is 2.28. The molecule has 0 saturated heterocycles. The number of primary amides is 1. The number of amides is 2. The maximum Gasteiger partial charge on any atom is 0.287 e. The summed E-state index contributed by atoms with van der Waals surface area (Å²) in [6.45, 7) is 0. The monoisotopic (exact) mass is 395 g/mol.